The third-order valence-electron chi connectivity index (χ3n) is 2.40. The van der Waals surface area contributed by atoms with Gasteiger partial charge in [-0.15, -0.1) is 0 Å². The van der Waals surface area contributed by atoms with Crippen molar-refractivity contribution < 1.29 is 18.4 Å². The number of ether oxygens (including phenoxy) is 1. The zero-order valence-electron chi connectivity index (χ0n) is 9.75. The lowest BCUT2D eigenvalue weighted by molar-refractivity contribution is -0.137. The van der Waals surface area contributed by atoms with Crippen LogP contribution in [0.15, 0.2) is 12.7 Å². The SMILES string of the molecule is C=CC(=O)OCCC[Si](CC)(OC)OC.[SiH4]. The molecule has 0 bridgehead atoms. The molecule has 0 aliphatic rings. The van der Waals surface area contributed by atoms with E-state index in [1.807, 2.05) is 0 Å². The van der Waals surface area contributed by atoms with Crippen LogP contribution in [0.25, 0.3) is 0 Å². The molecule has 0 heterocycles. The van der Waals surface area contributed by atoms with Crippen LogP contribution in [0.4, 0.5) is 0 Å². The fourth-order valence-corrected chi connectivity index (χ4v) is 3.51. The fraction of sp³-hybridized carbons (Fsp3) is 0.700. The minimum atomic E-state index is -2.02. The Hall–Kier alpha value is -0.436. The molecule has 0 atom stereocenters. The Morgan fingerprint density at radius 2 is 1.94 bits per heavy atom. The molecule has 0 amide bonds. The zero-order chi connectivity index (χ0) is 11.7. The lowest BCUT2D eigenvalue weighted by Gasteiger charge is -2.25. The van der Waals surface area contributed by atoms with Crippen molar-refractivity contribution in [2.45, 2.75) is 25.4 Å². The minimum absolute atomic E-state index is 0. The molecule has 0 radical (unpaired) electrons. The smallest absolute Gasteiger partial charge is 0.337 e. The Bertz CT molecular complexity index is 197. The van der Waals surface area contributed by atoms with E-state index >= 15 is 0 Å². The molecule has 0 aliphatic carbocycles. The first kappa shape index (κ1) is 17.9. The van der Waals surface area contributed by atoms with Gasteiger partial charge in [-0.3, -0.25) is 0 Å². The van der Waals surface area contributed by atoms with E-state index in [0.717, 1.165) is 24.6 Å². The van der Waals surface area contributed by atoms with Gasteiger partial charge in [0, 0.05) is 20.3 Å². The molecule has 0 spiro atoms. The monoisotopic (exact) mass is 264 g/mol. The van der Waals surface area contributed by atoms with Crippen molar-refractivity contribution in [1.29, 1.82) is 0 Å². The van der Waals surface area contributed by atoms with Gasteiger partial charge in [0.15, 0.2) is 0 Å². The molecule has 4 nitrogen and oxygen atoms in total. The highest BCUT2D eigenvalue weighted by Gasteiger charge is 2.32. The molecule has 0 saturated heterocycles. The van der Waals surface area contributed by atoms with E-state index in [4.69, 9.17) is 13.6 Å². The molecular weight excluding hydrogens is 240 g/mol. The normalized spacial score (nSPS) is 10.4. The Morgan fingerprint density at radius 1 is 1.38 bits per heavy atom. The summed E-state index contributed by atoms with van der Waals surface area (Å²) in [6, 6.07) is 1.73. The summed E-state index contributed by atoms with van der Waals surface area (Å²) >= 11 is 0. The summed E-state index contributed by atoms with van der Waals surface area (Å²) in [5.41, 5.74) is 0. The van der Waals surface area contributed by atoms with Gasteiger partial charge in [0.1, 0.15) is 0 Å². The lowest BCUT2D eigenvalue weighted by Crippen LogP contribution is -2.39. The van der Waals surface area contributed by atoms with Crippen LogP contribution < -0.4 is 0 Å². The highest BCUT2D eigenvalue weighted by Crippen LogP contribution is 2.18. The predicted octanol–water partition coefficient (Wildman–Crippen LogP) is 0.409. The summed E-state index contributed by atoms with van der Waals surface area (Å²) in [4.78, 5) is 10.8. The molecule has 96 valence electrons. The van der Waals surface area contributed by atoms with Gasteiger partial charge in [-0.1, -0.05) is 13.5 Å². The van der Waals surface area contributed by atoms with Gasteiger partial charge in [0.05, 0.1) is 6.61 Å². The summed E-state index contributed by atoms with van der Waals surface area (Å²) in [7, 11) is 1.33. The summed E-state index contributed by atoms with van der Waals surface area (Å²) in [5, 5.41) is 0. The number of esters is 1. The second kappa shape index (κ2) is 9.77. The van der Waals surface area contributed by atoms with E-state index in [0.29, 0.717) is 6.61 Å². The Labute approximate surface area is 103 Å². The van der Waals surface area contributed by atoms with Crippen LogP contribution in [0.1, 0.15) is 13.3 Å². The third kappa shape index (κ3) is 6.21. The Kier molecular flexibility index (Phi) is 11.0. The van der Waals surface area contributed by atoms with Crippen molar-refractivity contribution in [3.05, 3.63) is 12.7 Å². The molecule has 0 aromatic carbocycles. The molecule has 0 fully saturated rings. The van der Waals surface area contributed by atoms with E-state index in [2.05, 4.69) is 13.5 Å². The maximum atomic E-state index is 10.8. The lowest BCUT2D eigenvalue weighted by atomic mass is 10.5. The molecule has 0 aromatic heterocycles. The van der Waals surface area contributed by atoms with Crippen LogP contribution in [0, 0.1) is 0 Å². The second-order valence-electron chi connectivity index (χ2n) is 3.15. The molecule has 0 rings (SSSR count). The van der Waals surface area contributed by atoms with Crippen molar-refractivity contribution in [2.24, 2.45) is 0 Å². The van der Waals surface area contributed by atoms with Gasteiger partial charge in [-0.05, 0) is 29.5 Å². The van der Waals surface area contributed by atoms with Gasteiger partial charge < -0.3 is 13.6 Å². The van der Waals surface area contributed by atoms with Gasteiger partial charge in [0.2, 0.25) is 0 Å². The van der Waals surface area contributed by atoms with Crippen LogP contribution in [0.3, 0.4) is 0 Å². The van der Waals surface area contributed by atoms with Crippen molar-refractivity contribution >= 4 is 25.5 Å². The predicted molar refractivity (Wildman–Crippen MR) is 72.2 cm³/mol. The zero-order valence-corrected chi connectivity index (χ0v) is 10.7. The van der Waals surface area contributed by atoms with Crippen LogP contribution in [0.2, 0.25) is 12.1 Å². The number of carbonyl (C=O) groups is 1. The molecule has 0 unspecified atom stereocenters. The molecular formula is C10H24O4Si2. The maximum absolute atomic E-state index is 10.8. The Balaban J connectivity index is 0. The van der Waals surface area contributed by atoms with Crippen molar-refractivity contribution in [3.8, 4) is 0 Å². The van der Waals surface area contributed by atoms with Crippen LogP contribution in [-0.2, 0) is 18.4 Å². The first-order valence-corrected chi connectivity index (χ1v) is 7.26. The maximum Gasteiger partial charge on any atom is 0.337 e. The number of hydrogen-bond acceptors (Lipinski definition) is 4. The average molecular weight is 264 g/mol. The van der Waals surface area contributed by atoms with E-state index in [-0.39, 0.29) is 16.9 Å². The molecule has 0 saturated carbocycles. The molecule has 6 heteroatoms. The average Bonchev–Trinajstić information content (AvgIpc) is 2.30. The summed E-state index contributed by atoms with van der Waals surface area (Å²) in [6.07, 6.45) is 1.93. The Morgan fingerprint density at radius 3 is 2.31 bits per heavy atom. The van der Waals surface area contributed by atoms with Crippen LogP contribution in [0.5, 0.6) is 0 Å². The quantitative estimate of drug-likeness (QED) is 0.276. The molecule has 0 N–H and O–H groups in total. The number of carbonyl (C=O) groups excluding carboxylic acids is 1. The minimum Gasteiger partial charge on any atom is -0.463 e. The standard InChI is InChI=1S/C10H20O4Si.H4Si/c1-5-10(11)14-8-7-9-15(6-2,12-3)13-4;/h5H,1,6-9H2,2-4H3;1H4. The van der Waals surface area contributed by atoms with Crippen molar-refractivity contribution in [3.63, 3.8) is 0 Å². The van der Waals surface area contributed by atoms with E-state index in [1.54, 1.807) is 14.2 Å². The largest absolute Gasteiger partial charge is 0.463 e. The molecule has 0 aromatic rings. The van der Waals surface area contributed by atoms with E-state index in [9.17, 15) is 4.79 Å². The van der Waals surface area contributed by atoms with Crippen molar-refractivity contribution in [1.82, 2.24) is 0 Å². The number of rotatable bonds is 8. The topological polar surface area (TPSA) is 44.8 Å². The summed E-state index contributed by atoms with van der Waals surface area (Å²) < 4.78 is 15.7. The molecule has 16 heavy (non-hydrogen) atoms. The third-order valence-corrected chi connectivity index (χ3v) is 6.08. The van der Waals surface area contributed by atoms with Gasteiger partial charge in [-0.2, -0.15) is 0 Å². The number of hydrogen-bond donors (Lipinski definition) is 0. The summed E-state index contributed by atoms with van der Waals surface area (Å²) in [6.45, 7) is 5.77. The summed E-state index contributed by atoms with van der Waals surface area (Å²) in [5.74, 6) is -0.381. The molecule has 0 aliphatic heterocycles. The van der Waals surface area contributed by atoms with Crippen LogP contribution in [-0.4, -0.2) is 46.3 Å². The van der Waals surface area contributed by atoms with E-state index in [1.165, 1.54) is 0 Å². The highest BCUT2D eigenvalue weighted by molar-refractivity contribution is 6.67. The van der Waals surface area contributed by atoms with Gasteiger partial charge in [-0.25, -0.2) is 4.79 Å². The first-order chi connectivity index (χ1) is 7.14. The van der Waals surface area contributed by atoms with Crippen LogP contribution >= 0.6 is 0 Å². The van der Waals surface area contributed by atoms with Crippen molar-refractivity contribution in [2.75, 3.05) is 20.8 Å². The second-order valence-corrected chi connectivity index (χ2v) is 6.99. The van der Waals surface area contributed by atoms with Gasteiger partial charge >= 0.3 is 14.5 Å². The highest BCUT2D eigenvalue weighted by atomic mass is 28.4. The van der Waals surface area contributed by atoms with Gasteiger partial charge in [0.25, 0.3) is 0 Å². The van der Waals surface area contributed by atoms with E-state index < -0.39 is 8.56 Å². The fourth-order valence-electron chi connectivity index (χ4n) is 1.33. The first-order valence-electron chi connectivity index (χ1n) is 5.03.